The highest BCUT2D eigenvalue weighted by Gasteiger charge is 2.41. The van der Waals surface area contributed by atoms with E-state index >= 15 is 0 Å². The number of imide groups is 1. The van der Waals surface area contributed by atoms with Crippen LogP contribution in [0.1, 0.15) is 81.7 Å². The fourth-order valence-corrected chi connectivity index (χ4v) is 3.81. The lowest BCUT2D eigenvalue weighted by Crippen LogP contribution is -2.33. The van der Waals surface area contributed by atoms with E-state index in [4.69, 9.17) is 4.74 Å². The summed E-state index contributed by atoms with van der Waals surface area (Å²) < 4.78 is 4.96. The lowest BCUT2D eigenvalue weighted by molar-refractivity contribution is 0.0905. The third-order valence-corrected chi connectivity index (χ3v) is 5.32. The Balaban J connectivity index is 2.12. The maximum Gasteiger partial charge on any atom is 0.266 e. The number of nitrogens with zero attached hydrogens (tertiary/aromatic N) is 1. The normalized spacial score (nSPS) is 13.4. The Labute approximate surface area is 177 Å². The minimum Gasteiger partial charge on any atom is -0.383 e. The Kier molecular flexibility index (Phi) is 6.37. The Hall–Kier alpha value is -2.99. The van der Waals surface area contributed by atoms with Crippen molar-refractivity contribution in [3.63, 3.8) is 0 Å². The van der Waals surface area contributed by atoms with Crippen LogP contribution in [0.25, 0.3) is 0 Å². The van der Waals surface area contributed by atoms with E-state index in [1.807, 2.05) is 45.9 Å². The van der Waals surface area contributed by atoms with Crippen molar-refractivity contribution in [2.24, 2.45) is 0 Å². The second kappa shape index (κ2) is 8.79. The zero-order valence-corrected chi connectivity index (χ0v) is 18.1. The van der Waals surface area contributed by atoms with Crippen LogP contribution < -0.4 is 10.2 Å². The number of hydrogen-bond acceptors (Lipinski definition) is 4. The van der Waals surface area contributed by atoms with Gasteiger partial charge in [-0.25, -0.2) is 4.90 Å². The first kappa shape index (κ1) is 21.7. The fraction of sp³-hybridized carbons (Fsp3) is 0.375. The van der Waals surface area contributed by atoms with Gasteiger partial charge in [-0.05, 0) is 35.1 Å². The van der Waals surface area contributed by atoms with Crippen molar-refractivity contribution in [1.82, 2.24) is 5.32 Å². The number of rotatable bonds is 7. The quantitative estimate of drug-likeness (QED) is 0.553. The summed E-state index contributed by atoms with van der Waals surface area (Å²) in [7, 11) is 1.55. The number of para-hydroxylation sites is 1. The van der Waals surface area contributed by atoms with Gasteiger partial charge >= 0.3 is 0 Å². The van der Waals surface area contributed by atoms with Gasteiger partial charge in [0.1, 0.15) is 0 Å². The predicted octanol–water partition coefficient (Wildman–Crippen LogP) is 4.11. The molecule has 1 heterocycles. The zero-order valence-electron chi connectivity index (χ0n) is 18.1. The maximum atomic E-state index is 13.5. The monoisotopic (exact) mass is 408 g/mol. The molecule has 2 aromatic rings. The molecule has 1 aliphatic heterocycles. The summed E-state index contributed by atoms with van der Waals surface area (Å²) in [5.41, 5.74) is 3.12. The lowest BCUT2D eigenvalue weighted by Gasteiger charge is -2.25. The number of fused-ring (bicyclic) bond motifs is 1. The van der Waals surface area contributed by atoms with E-state index in [9.17, 15) is 14.4 Å². The lowest BCUT2D eigenvalue weighted by atomic mass is 9.92. The minimum atomic E-state index is -0.456. The highest BCUT2D eigenvalue weighted by Crippen LogP contribution is 2.40. The molecule has 30 heavy (non-hydrogen) atoms. The summed E-state index contributed by atoms with van der Waals surface area (Å²) >= 11 is 0. The zero-order chi connectivity index (χ0) is 22.0. The fourth-order valence-electron chi connectivity index (χ4n) is 3.81. The van der Waals surface area contributed by atoms with Crippen molar-refractivity contribution in [1.29, 1.82) is 0 Å². The summed E-state index contributed by atoms with van der Waals surface area (Å²) in [5.74, 6) is -0.994. The summed E-state index contributed by atoms with van der Waals surface area (Å²) in [4.78, 5) is 40.8. The number of amides is 3. The third-order valence-electron chi connectivity index (χ3n) is 5.32. The van der Waals surface area contributed by atoms with Gasteiger partial charge in [0, 0.05) is 13.7 Å². The van der Waals surface area contributed by atoms with E-state index in [1.165, 1.54) is 4.90 Å². The molecule has 0 saturated carbocycles. The Morgan fingerprint density at radius 1 is 0.967 bits per heavy atom. The van der Waals surface area contributed by atoms with Gasteiger partial charge in [-0.1, -0.05) is 52.0 Å². The Morgan fingerprint density at radius 3 is 2.13 bits per heavy atom. The average molecular weight is 408 g/mol. The van der Waals surface area contributed by atoms with Gasteiger partial charge in [0.05, 0.1) is 29.0 Å². The summed E-state index contributed by atoms with van der Waals surface area (Å²) in [6.45, 7) is 8.83. The van der Waals surface area contributed by atoms with E-state index in [0.717, 1.165) is 11.1 Å². The molecule has 3 rings (SSSR count). The molecule has 6 nitrogen and oxygen atoms in total. The van der Waals surface area contributed by atoms with Gasteiger partial charge in [0.2, 0.25) is 0 Å². The largest absolute Gasteiger partial charge is 0.383 e. The summed E-state index contributed by atoms with van der Waals surface area (Å²) in [6.07, 6.45) is 0. The molecule has 0 aromatic heterocycles. The summed E-state index contributed by atoms with van der Waals surface area (Å²) in [5, 5.41) is 2.73. The molecular weight excluding hydrogens is 380 g/mol. The Bertz CT molecular complexity index is 968. The smallest absolute Gasteiger partial charge is 0.266 e. The van der Waals surface area contributed by atoms with Gasteiger partial charge in [-0.3, -0.25) is 14.4 Å². The van der Waals surface area contributed by atoms with Crippen LogP contribution in [0.2, 0.25) is 0 Å². The molecule has 1 N–H and O–H groups in total. The van der Waals surface area contributed by atoms with E-state index in [-0.39, 0.29) is 28.5 Å². The van der Waals surface area contributed by atoms with Crippen LogP contribution in [0.3, 0.4) is 0 Å². The molecule has 1 aliphatic rings. The second-order valence-electron chi connectivity index (χ2n) is 8.02. The van der Waals surface area contributed by atoms with Crippen LogP contribution in [0.4, 0.5) is 5.69 Å². The van der Waals surface area contributed by atoms with E-state index in [0.29, 0.717) is 18.8 Å². The molecule has 0 fully saturated rings. The number of hydrogen-bond donors (Lipinski definition) is 1. The SMILES string of the molecule is COCCNC(=O)c1cccc2c1C(=O)N(c1c(C(C)C)cccc1C(C)C)C2=O. The van der Waals surface area contributed by atoms with Crippen LogP contribution in [-0.2, 0) is 4.74 Å². The molecule has 158 valence electrons. The van der Waals surface area contributed by atoms with Crippen molar-refractivity contribution in [3.8, 4) is 0 Å². The number of benzene rings is 2. The topological polar surface area (TPSA) is 75.7 Å². The first-order chi connectivity index (χ1) is 14.3. The molecular formula is C24H28N2O4. The maximum absolute atomic E-state index is 13.5. The molecule has 6 heteroatoms. The number of carbonyl (C=O) groups is 3. The van der Waals surface area contributed by atoms with E-state index < -0.39 is 17.7 Å². The van der Waals surface area contributed by atoms with Crippen LogP contribution in [0, 0.1) is 0 Å². The molecule has 0 spiro atoms. The molecule has 0 aliphatic carbocycles. The van der Waals surface area contributed by atoms with Gasteiger partial charge in [0.25, 0.3) is 17.7 Å². The average Bonchev–Trinajstić information content (AvgIpc) is 2.97. The molecule has 2 aromatic carbocycles. The van der Waals surface area contributed by atoms with Crippen LogP contribution in [0.5, 0.6) is 0 Å². The molecule has 0 radical (unpaired) electrons. The van der Waals surface area contributed by atoms with Crippen molar-refractivity contribution < 1.29 is 19.1 Å². The molecule has 0 bridgehead atoms. The van der Waals surface area contributed by atoms with Gasteiger partial charge < -0.3 is 10.1 Å². The number of anilines is 1. The Morgan fingerprint density at radius 2 is 1.57 bits per heavy atom. The number of methoxy groups -OCH3 is 1. The second-order valence-corrected chi connectivity index (χ2v) is 8.02. The van der Waals surface area contributed by atoms with E-state index in [1.54, 1.807) is 25.3 Å². The molecule has 3 amide bonds. The number of nitrogens with one attached hydrogen (secondary N) is 1. The van der Waals surface area contributed by atoms with Crippen LogP contribution in [-0.4, -0.2) is 38.0 Å². The standard InChI is InChI=1S/C24H28N2O4/c1-14(2)16-8-6-9-17(15(3)4)21(16)26-23(28)19-11-7-10-18(20(19)24(26)29)22(27)25-12-13-30-5/h6-11,14-15H,12-13H2,1-5H3,(H,25,27). The molecule has 0 saturated heterocycles. The molecule has 0 atom stereocenters. The van der Waals surface area contributed by atoms with Crippen molar-refractivity contribution in [2.75, 3.05) is 25.2 Å². The van der Waals surface area contributed by atoms with Gasteiger partial charge in [-0.15, -0.1) is 0 Å². The van der Waals surface area contributed by atoms with Crippen molar-refractivity contribution in [2.45, 2.75) is 39.5 Å². The number of ether oxygens (including phenoxy) is 1. The van der Waals surface area contributed by atoms with Crippen LogP contribution in [0.15, 0.2) is 36.4 Å². The predicted molar refractivity (Wildman–Crippen MR) is 116 cm³/mol. The number of carbonyl (C=O) groups excluding carboxylic acids is 3. The minimum absolute atomic E-state index is 0.125. The van der Waals surface area contributed by atoms with E-state index in [2.05, 4.69) is 5.32 Å². The van der Waals surface area contributed by atoms with Gasteiger partial charge in [-0.2, -0.15) is 0 Å². The highest BCUT2D eigenvalue weighted by atomic mass is 16.5. The van der Waals surface area contributed by atoms with Crippen molar-refractivity contribution >= 4 is 23.4 Å². The van der Waals surface area contributed by atoms with Gasteiger partial charge in [0.15, 0.2) is 0 Å². The molecule has 0 unspecified atom stereocenters. The van der Waals surface area contributed by atoms with Crippen molar-refractivity contribution in [3.05, 3.63) is 64.2 Å². The third kappa shape index (κ3) is 3.75. The highest BCUT2D eigenvalue weighted by molar-refractivity contribution is 6.36. The van der Waals surface area contributed by atoms with Crippen LogP contribution >= 0.6 is 0 Å². The summed E-state index contributed by atoms with van der Waals surface area (Å²) in [6, 6.07) is 10.7. The first-order valence-corrected chi connectivity index (χ1v) is 10.2. The first-order valence-electron chi connectivity index (χ1n) is 10.2.